The average Bonchev–Trinajstić information content (AvgIpc) is 3.98. The second-order valence-electron chi connectivity index (χ2n) is 13.7. The lowest BCUT2D eigenvalue weighted by molar-refractivity contribution is -0.137. The van der Waals surface area contributed by atoms with Crippen molar-refractivity contribution in [1.29, 1.82) is 5.26 Å². The number of morpholine rings is 1. The minimum Gasteiger partial charge on any atom is -0.467 e. The minimum absolute atomic E-state index is 0.0508. The molecule has 56 heavy (non-hydrogen) atoms. The van der Waals surface area contributed by atoms with Gasteiger partial charge in [-0.05, 0) is 43.5 Å². The number of nitriles is 1. The molecule has 2 aromatic carbocycles. The number of hydrogen-bond acceptors (Lipinski definition) is 11. The van der Waals surface area contributed by atoms with Gasteiger partial charge in [0, 0.05) is 54.6 Å². The maximum atomic E-state index is 16.6. The molecule has 18 heteroatoms. The summed E-state index contributed by atoms with van der Waals surface area (Å²) in [5.74, 6) is -1.30. The van der Waals surface area contributed by atoms with E-state index >= 15 is 4.39 Å². The van der Waals surface area contributed by atoms with E-state index in [9.17, 15) is 27.2 Å². The first-order chi connectivity index (χ1) is 26.9. The Balaban J connectivity index is 0.000000377. The fourth-order valence-electron chi connectivity index (χ4n) is 7.92. The van der Waals surface area contributed by atoms with Crippen LogP contribution in [0.2, 0.25) is 0 Å². The predicted molar refractivity (Wildman–Crippen MR) is 203 cm³/mol. The number of hydrogen-bond donors (Lipinski definition) is 1. The fourth-order valence-corrected chi connectivity index (χ4v) is 8.87. The molecule has 5 aromatic rings. The van der Waals surface area contributed by atoms with Gasteiger partial charge in [-0.15, -0.1) is 11.3 Å². The number of thiophene rings is 1. The molecule has 0 amide bonds. The van der Waals surface area contributed by atoms with E-state index in [0.717, 1.165) is 42.7 Å². The molecule has 7 heterocycles. The van der Waals surface area contributed by atoms with Gasteiger partial charge in [-0.2, -0.15) is 33.5 Å². The van der Waals surface area contributed by atoms with Crippen molar-refractivity contribution in [3.63, 3.8) is 0 Å². The van der Waals surface area contributed by atoms with E-state index < -0.39 is 40.6 Å². The van der Waals surface area contributed by atoms with Crippen molar-refractivity contribution < 1.29 is 35.8 Å². The summed E-state index contributed by atoms with van der Waals surface area (Å²) in [6.07, 6.45) is -2.24. The molecule has 4 aliphatic heterocycles. The maximum absolute atomic E-state index is 16.6. The Labute approximate surface area is 323 Å². The summed E-state index contributed by atoms with van der Waals surface area (Å²) in [4.78, 5) is 14.6. The number of alkyl halides is 4. The Hall–Kier alpha value is -4.86. The third-order valence-corrected chi connectivity index (χ3v) is 11.5. The molecule has 298 valence electrons. The predicted octanol–water partition coefficient (Wildman–Crippen LogP) is 7.54. The number of methoxy groups -OCH3 is 1. The van der Waals surface area contributed by atoms with Crippen LogP contribution in [0.5, 0.6) is 6.01 Å². The van der Waals surface area contributed by atoms with Crippen LogP contribution in [0.25, 0.3) is 32.1 Å². The van der Waals surface area contributed by atoms with Crippen molar-refractivity contribution in [3.05, 3.63) is 52.7 Å². The Kier molecular flexibility index (Phi) is 11.2. The third-order valence-electron chi connectivity index (χ3n) is 10.5. The molecule has 9 rings (SSSR count). The number of nitrogen functional groups attached to an aromatic ring is 1. The second-order valence-corrected chi connectivity index (χ2v) is 14.7. The molecule has 0 bridgehead atoms. The Morgan fingerprint density at radius 3 is 2.50 bits per heavy atom. The summed E-state index contributed by atoms with van der Waals surface area (Å²) in [5, 5.41) is 13.9. The van der Waals surface area contributed by atoms with E-state index in [1.54, 1.807) is 4.90 Å². The normalized spacial score (nSPS) is 19.6. The highest BCUT2D eigenvalue weighted by atomic mass is 32.1. The smallest absolute Gasteiger partial charge is 0.417 e. The van der Waals surface area contributed by atoms with E-state index in [4.69, 9.17) is 15.2 Å². The highest BCUT2D eigenvalue weighted by Crippen LogP contribution is 2.48. The van der Waals surface area contributed by atoms with Crippen molar-refractivity contribution in [2.75, 3.05) is 68.6 Å². The molecule has 3 aromatic heterocycles. The quantitative estimate of drug-likeness (QED) is 0.183. The Morgan fingerprint density at radius 1 is 1.04 bits per heavy atom. The summed E-state index contributed by atoms with van der Waals surface area (Å²) in [5.41, 5.74) is 3.50. The van der Waals surface area contributed by atoms with Crippen LogP contribution >= 0.6 is 11.3 Å². The molecule has 2 unspecified atom stereocenters. The van der Waals surface area contributed by atoms with Crippen LogP contribution < -0.4 is 20.3 Å². The van der Waals surface area contributed by atoms with Crippen LogP contribution in [-0.2, 0) is 24.0 Å². The van der Waals surface area contributed by atoms with Gasteiger partial charge in [0.05, 0.1) is 54.9 Å². The summed E-state index contributed by atoms with van der Waals surface area (Å²) < 4.78 is 101. The number of fused-ring (bicyclic) bond motifs is 4. The molecule has 0 radical (unpaired) electrons. The summed E-state index contributed by atoms with van der Waals surface area (Å²) in [6, 6.07) is 6.82. The molecule has 2 atom stereocenters. The Bertz CT molecular complexity index is 2270. The molecule has 11 nitrogen and oxygen atoms in total. The number of aromatic nitrogens is 4. The topological polar surface area (TPSA) is 122 Å². The van der Waals surface area contributed by atoms with Crippen molar-refractivity contribution in [2.45, 2.75) is 64.6 Å². The maximum Gasteiger partial charge on any atom is 0.417 e. The van der Waals surface area contributed by atoms with Gasteiger partial charge in [-0.3, -0.25) is 9.58 Å². The van der Waals surface area contributed by atoms with Crippen molar-refractivity contribution in [3.8, 4) is 23.2 Å². The van der Waals surface area contributed by atoms with Gasteiger partial charge in [0.25, 0.3) is 0 Å². The van der Waals surface area contributed by atoms with Gasteiger partial charge in [0.15, 0.2) is 11.6 Å². The SMILES string of the molecule is CC.COc1nc(N2CCn3nc(N4CCOCC4)cc3C2)c2cc(C(F)(F)F)c(-c3ccc(F)c4sc(N)c(C#N)c34)c(F)c2n1.FC1CC2CCCN2C1. The summed E-state index contributed by atoms with van der Waals surface area (Å²) in [6.45, 7) is 9.34. The first-order valence-electron chi connectivity index (χ1n) is 18.5. The van der Waals surface area contributed by atoms with Gasteiger partial charge in [0.2, 0.25) is 0 Å². The molecule has 0 saturated carbocycles. The minimum atomic E-state index is -5.05. The second kappa shape index (κ2) is 15.9. The van der Waals surface area contributed by atoms with E-state index in [1.165, 1.54) is 20.0 Å². The zero-order valence-electron chi connectivity index (χ0n) is 31.1. The number of nitrogens with zero attached hydrogens (tertiary/aromatic N) is 8. The van der Waals surface area contributed by atoms with Crippen LogP contribution in [0.4, 0.5) is 43.0 Å². The molecule has 4 aliphatic rings. The van der Waals surface area contributed by atoms with Crippen LogP contribution in [-0.4, -0.2) is 89.9 Å². The number of ether oxygens (including phenoxy) is 2. The van der Waals surface area contributed by atoms with Gasteiger partial charge in [0.1, 0.15) is 34.4 Å². The third kappa shape index (κ3) is 7.27. The van der Waals surface area contributed by atoms with Gasteiger partial charge >= 0.3 is 12.2 Å². The summed E-state index contributed by atoms with van der Waals surface area (Å²) in [7, 11) is 1.27. The average molecular weight is 802 g/mol. The zero-order valence-corrected chi connectivity index (χ0v) is 31.9. The van der Waals surface area contributed by atoms with E-state index in [1.807, 2.05) is 30.7 Å². The number of halogens is 6. The first-order valence-corrected chi connectivity index (χ1v) is 19.4. The number of nitrogens with two attached hydrogens (primary N) is 1. The van der Waals surface area contributed by atoms with Crippen LogP contribution in [0.3, 0.4) is 0 Å². The lowest BCUT2D eigenvalue weighted by Gasteiger charge is -2.30. The highest BCUT2D eigenvalue weighted by Gasteiger charge is 2.39. The lowest BCUT2D eigenvalue weighted by atomic mass is 9.92. The standard InChI is InChI=1S/C29H23F5N8O2S.C7H12FN.C2H6/c1-43-28-37-24-16(27(38-28)41-4-5-42-14(13-41)10-20(39-42)40-6-8-44-9-7-40)11-18(29(32,33)34)22(23(24)31)15-2-3-19(30)25-21(15)17(12-35)26(36)45-25;8-6-4-7-2-1-3-9(7)5-6;1-2/h2-3,10-11H,4-9,13,36H2,1H3;6-7H,1-5H2;1-2H3. The van der Waals surface area contributed by atoms with Crippen LogP contribution in [0, 0.1) is 23.0 Å². The largest absolute Gasteiger partial charge is 0.467 e. The molecule has 3 saturated heterocycles. The molecule has 0 spiro atoms. The molecular formula is C38H41F6N9O2S. The van der Waals surface area contributed by atoms with Gasteiger partial charge in [-0.1, -0.05) is 19.9 Å². The molecule has 3 fully saturated rings. The van der Waals surface area contributed by atoms with Crippen molar-refractivity contribution in [1.82, 2.24) is 24.6 Å². The highest BCUT2D eigenvalue weighted by molar-refractivity contribution is 7.23. The van der Waals surface area contributed by atoms with Crippen molar-refractivity contribution >= 4 is 49.0 Å². The van der Waals surface area contributed by atoms with E-state index in [0.29, 0.717) is 63.3 Å². The number of rotatable bonds is 4. The fraction of sp³-hybridized carbons (Fsp3) is 0.474. The molecular weight excluding hydrogens is 761 g/mol. The Morgan fingerprint density at radius 2 is 1.80 bits per heavy atom. The number of anilines is 3. The number of benzene rings is 2. The van der Waals surface area contributed by atoms with E-state index in [2.05, 4.69) is 24.9 Å². The van der Waals surface area contributed by atoms with Gasteiger partial charge < -0.3 is 25.0 Å². The monoisotopic (exact) mass is 801 g/mol. The lowest BCUT2D eigenvalue weighted by Crippen LogP contribution is -2.36. The van der Waals surface area contributed by atoms with Gasteiger partial charge in [-0.25, -0.2) is 13.2 Å². The first kappa shape index (κ1) is 39.4. The molecule has 0 aliphatic carbocycles. The van der Waals surface area contributed by atoms with E-state index in [-0.39, 0.29) is 50.0 Å². The summed E-state index contributed by atoms with van der Waals surface area (Å²) >= 11 is 0.702. The van der Waals surface area contributed by atoms with Crippen LogP contribution in [0.1, 0.15) is 49.9 Å². The zero-order chi connectivity index (χ0) is 39.9. The van der Waals surface area contributed by atoms with Crippen LogP contribution in [0.15, 0.2) is 24.3 Å². The molecule has 2 N–H and O–H groups in total. The van der Waals surface area contributed by atoms with Crippen molar-refractivity contribution in [2.24, 2.45) is 0 Å².